The van der Waals surface area contributed by atoms with Crippen molar-refractivity contribution >= 4 is 31.5 Å². The normalized spacial score (nSPS) is 20.2. The maximum absolute atomic E-state index is 12.9. The first-order chi connectivity index (χ1) is 14.1. The van der Waals surface area contributed by atoms with Crippen molar-refractivity contribution in [2.45, 2.75) is 81.9 Å². The number of nitrogens with zero attached hydrogens (tertiary/aromatic N) is 1. The predicted molar refractivity (Wildman–Crippen MR) is 118 cm³/mol. The van der Waals surface area contributed by atoms with Gasteiger partial charge in [-0.2, -0.15) is 0 Å². The average molecular weight is 484 g/mol. The van der Waals surface area contributed by atoms with Crippen LogP contribution in [0, 0.1) is 0 Å². The number of carbonyl (C=O) groups is 2. The molecule has 0 aromatic heterocycles. The molecule has 168 valence electrons. The number of methoxy groups -OCH3 is 1. The predicted octanol–water partition coefficient (Wildman–Crippen LogP) is 3.30. The summed E-state index contributed by atoms with van der Waals surface area (Å²) in [6, 6.07) is 9.61. The second-order valence-corrected chi connectivity index (χ2v) is 11.7. The van der Waals surface area contributed by atoms with Crippen LogP contribution in [0.5, 0.6) is 0 Å². The van der Waals surface area contributed by atoms with Crippen LogP contribution in [0.2, 0.25) is 4.31 Å². The molecular weight excluding hydrogens is 449 g/mol. The van der Waals surface area contributed by atoms with Gasteiger partial charge in [-0.3, -0.25) is 0 Å². The first kappa shape index (κ1) is 24.7. The molecule has 1 fully saturated rings. The van der Waals surface area contributed by atoms with E-state index in [2.05, 4.69) is 0 Å². The molecule has 1 aromatic rings. The molecule has 3 atom stereocenters. The van der Waals surface area contributed by atoms with E-state index in [1.807, 2.05) is 58.0 Å². The van der Waals surface area contributed by atoms with Crippen LogP contribution in [0.1, 0.15) is 59.8 Å². The molecule has 0 radical (unpaired) electrons. The van der Waals surface area contributed by atoms with E-state index >= 15 is 0 Å². The van der Waals surface area contributed by atoms with E-state index in [1.165, 1.54) is 7.11 Å². The Bertz CT molecular complexity index is 705. The number of amides is 1. The van der Waals surface area contributed by atoms with Crippen molar-refractivity contribution in [3.63, 3.8) is 0 Å². The fourth-order valence-electron chi connectivity index (χ4n) is 3.82. The van der Waals surface area contributed by atoms with Gasteiger partial charge in [0.1, 0.15) is 0 Å². The van der Waals surface area contributed by atoms with Crippen LogP contribution in [0.15, 0.2) is 30.3 Å². The standard InChI is InChI=1S/C23H35NO5Se/c1-6-23(20(26)28-5,30-18-13-8-7-9-14-18)19(25)16-17-12-10-11-15-24(17)21(27)29-22(2,3)4/h7-9,13-14,17,19,25H,6,10-12,15-16H2,1-5H3. The number of hydrogen-bond donors (Lipinski definition) is 1. The summed E-state index contributed by atoms with van der Waals surface area (Å²) < 4.78 is 10.8. The second-order valence-electron chi connectivity index (χ2n) is 8.72. The number of benzene rings is 1. The van der Waals surface area contributed by atoms with Crippen LogP contribution < -0.4 is 4.46 Å². The molecule has 1 heterocycles. The third-order valence-corrected chi connectivity index (χ3v) is 8.74. The van der Waals surface area contributed by atoms with E-state index in [9.17, 15) is 14.7 Å². The van der Waals surface area contributed by atoms with Crippen LogP contribution in [-0.2, 0) is 14.3 Å². The Morgan fingerprint density at radius 3 is 2.47 bits per heavy atom. The Hall–Kier alpha value is -1.56. The van der Waals surface area contributed by atoms with Gasteiger partial charge in [0.05, 0.1) is 0 Å². The summed E-state index contributed by atoms with van der Waals surface area (Å²) in [5.41, 5.74) is -0.576. The fraction of sp³-hybridized carbons (Fsp3) is 0.652. The van der Waals surface area contributed by atoms with Crippen molar-refractivity contribution in [3.8, 4) is 0 Å². The average Bonchev–Trinajstić information content (AvgIpc) is 2.71. The molecule has 1 aromatic carbocycles. The topological polar surface area (TPSA) is 76.1 Å². The SMILES string of the molecule is CCC([Se]c1ccccc1)(C(=O)OC)C(O)CC1CCCCN1C(=O)OC(C)(C)C. The van der Waals surface area contributed by atoms with Crippen molar-refractivity contribution in [1.82, 2.24) is 4.90 Å². The summed E-state index contributed by atoms with van der Waals surface area (Å²) in [5, 5.41) is 11.3. The van der Waals surface area contributed by atoms with Gasteiger partial charge in [-0.1, -0.05) is 0 Å². The van der Waals surface area contributed by atoms with E-state index in [4.69, 9.17) is 9.47 Å². The van der Waals surface area contributed by atoms with Gasteiger partial charge < -0.3 is 0 Å². The van der Waals surface area contributed by atoms with Gasteiger partial charge in [0.25, 0.3) is 0 Å². The Morgan fingerprint density at radius 2 is 1.90 bits per heavy atom. The van der Waals surface area contributed by atoms with Crippen LogP contribution >= 0.6 is 0 Å². The summed E-state index contributed by atoms with van der Waals surface area (Å²) in [6.45, 7) is 8.06. The minimum atomic E-state index is -1.000. The zero-order valence-corrected chi connectivity index (χ0v) is 20.4. The molecule has 1 amide bonds. The molecule has 2 rings (SSSR count). The number of aliphatic hydroxyl groups excluding tert-OH is 1. The molecule has 30 heavy (non-hydrogen) atoms. The van der Waals surface area contributed by atoms with Gasteiger partial charge in [0.2, 0.25) is 0 Å². The molecule has 0 bridgehead atoms. The maximum atomic E-state index is 12.9. The van der Waals surface area contributed by atoms with Gasteiger partial charge in [0.15, 0.2) is 0 Å². The number of aliphatic hydroxyl groups is 1. The van der Waals surface area contributed by atoms with Gasteiger partial charge >= 0.3 is 186 Å². The van der Waals surface area contributed by atoms with Gasteiger partial charge in [0, 0.05) is 0 Å². The van der Waals surface area contributed by atoms with Crippen molar-refractivity contribution in [2.24, 2.45) is 0 Å². The van der Waals surface area contributed by atoms with Crippen LogP contribution in [0.4, 0.5) is 4.79 Å². The van der Waals surface area contributed by atoms with Crippen molar-refractivity contribution < 1.29 is 24.2 Å². The zero-order valence-electron chi connectivity index (χ0n) is 18.7. The molecule has 3 unspecified atom stereocenters. The zero-order chi connectivity index (χ0) is 22.4. The number of hydrogen-bond acceptors (Lipinski definition) is 5. The summed E-state index contributed by atoms with van der Waals surface area (Å²) in [4.78, 5) is 27.4. The first-order valence-electron chi connectivity index (χ1n) is 10.6. The number of rotatable bonds is 7. The monoisotopic (exact) mass is 485 g/mol. The Kier molecular flexibility index (Phi) is 8.77. The van der Waals surface area contributed by atoms with E-state index < -0.39 is 16.0 Å². The Morgan fingerprint density at radius 1 is 1.23 bits per heavy atom. The number of likely N-dealkylation sites (tertiary alicyclic amines) is 1. The summed E-state index contributed by atoms with van der Waals surface area (Å²) in [6.07, 6.45) is 2.21. The third kappa shape index (κ3) is 6.22. The number of ether oxygens (including phenoxy) is 2. The first-order valence-corrected chi connectivity index (χ1v) is 12.3. The molecule has 1 aliphatic heterocycles. The summed E-state index contributed by atoms with van der Waals surface area (Å²) >= 11 is -0.319. The molecule has 7 heteroatoms. The number of esters is 1. The summed E-state index contributed by atoms with van der Waals surface area (Å²) in [5.74, 6) is -0.388. The Labute approximate surface area is 186 Å². The minimum absolute atomic E-state index is 0.161. The third-order valence-electron chi connectivity index (χ3n) is 5.39. The molecule has 1 aliphatic rings. The van der Waals surface area contributed by atoms with Gasteiger partial charge in [-0.15, -0.1) is 0 Å². The Balaban J connectivity index is 2.24. The molecular formula is C23H35NO5Se. The molecule has 0 aliphatic carbocycles. The molecule has 6 nitrogen and oxygen atoms in total. The molecule has 1 saturated heterocycles. The van der Waals surface area contributed by atoms with E-state index in [0.717, 1.165) is 23.7 Å². The molecule has 1 N–H and O–H groups in total. The van der Waals surface area contributed by atoms with E-state index in [0.29, 0.717) is 19.4 Å². The van der Waals surface area contributed by atoms with Crippen molar-refractivity contribution in [1.29, 1.82) is 0 Å². The number of piperidine rings is 1. The van der Waals surface area contributed by atoms with Crippen LogP contribution in [0.25, 0.3) is 0 Å². The van der Waals surface area contributed by atoms with E-state index in [-0.39, 0.29) is 33.1 Å². The quantitative estimate of drug-likeness (QED) is 0.475. The molecule has 0 spiro atoms. The van der Waals surface area contributed by atoms with E-state index in [1.54, 1.807) is 4.90 Å². The van der Waals surface area contributed by atoms with Crippen molar-refractivity contribution in [2.75, 3.05) is 13.7 Å². The van der Waals surface area contributed by atoms with Crippen LogP contribution in [-0.4, -0.2) is 68.4 Å². The number of carbonyl (C=O) groups excluding carboxylic acids is 2. The fourth-order valence-corrected chi connectivity index (χ4v) is 6.46. The molecule has 0 saturated carbocycles. The van der Waals surface area contributed by atoms with Gasteiger partial charge in [-0.25, -0.2) is 0 Å². The van der Waals surface area contributed by atoms with Gasteiger partial charge in [-0.05, 0) is 0 Å². The summed E-state index contributed by atoms with van der Waals surface area (Å²) in [7, 11) is 1.37. The second kappa shape index (κ2) is 10.6. The van der Waals surface area contributed by atoms with Crippen molar-refractivity contribution in [3.05, 3.63) is 30.3 Å². The van der Waals surface area contributed by atoms with Crippen LogP contribution in [0.3, 0.4) is 0 Å².